The van der Waals surface area contributed by atoms with E-state index < -0.39 is 40.4 Å². The normalized spacial score (nSPS) is 12.7. The number of hydrogen-bond acceptors (Lipinski definition) is 6. The van der Waals surface area contributed by atoms with Gasteiger partial charge in [-0.2, -0.15) is 0 Å². The van der Waals surface area contributed by atoms with Gasteiger partial charge in [-0.25, -0.2) is 4.79 Å². The van der Waals surface area contributed by atoms with E-state index in [-0.39, 0.29) is 18.4 Å². The summed E-state index contributed by atoms with van der Waals surface area (Å²) in [5, 5.41) is 10.8. The zero-order valence-corrected chi connectivity index (χ0v) is 30.3. The average Bonchev–Trinajstić information content (AvgIpc) is 3.51. The van der Waals surface area contributed by atoms with Gasteiger partial charge in [-0.15, -0.1) is 0 Å². The van der Waals surface area contributed by atoms with Gasteiger partial charge in [-0.3, -0.25) is 9.59 Å². The van der Waals surface area contributed by atoms with Crippen molar-refractivity contribution in [3.8, 4) is 11.3 Å². The number of amides is 3. The maximum atomic E-state index is 13.3. The Morgan fingerprint density at radius 2 is 1.54 bits per heavy atom. The van der Waals surface area contributed by atoms with Gasteiger partial charge in [0.2, 0.25) is 5.91 Å². The molecule has 46 heavy (non-hydrogen) atoms. The van der Waals surface area contributed by atoms with Crippen molar-refractivity contribution in [2.24, 2.45) is 11.8 Å². The number of nitrogens with one attached hydrogen (secondary N) is 2. The molecule has 0 saturated heterocycles. The molecule has 2 aromatic carbocycles. The quantitative estimate of drug-likeness (QED) is 0.204. The first-order valence-corrected chi connectivity index (χ1v) is 16.3. The van der Waals surface area contributed by atoms with Crippen LogP contribution in [-0.2, 0) is 14.3 Å². The van der Waals surface area contributed by atoms with Gasteiger partial charge in [0.15, 0.2) is 10.6 Å². The monoisotopic (exact) mass is 714 g/mol. The summed E-state index contributed by atoms with van der Waals surface area (Å²) in [6.45, 7) is 14.7. The van der Waals surface area contributed by atoms with E-state index >= 15 is 0 Å². The fraction of sp³-hybridized carbons (Fsp3) is 0.455. The minimum atomic E-state index is -1.31. The van der Waals surface area contributed by atoms with Crippen molar-refractivity contribution in [3.05, 3.63) is 70.3 Å². The minimum absolute atomic E-state index is 0.0739. The smallest absolute Gasteiger partial charge is 0.408 e. The molecule has 0 aliphatic carbocycles. The van der Waals surface area contributed by atoms with Crippen LogP contribution < -0.4 is 15.5 Å². The van der Waals surface area contributed by atoms with E-state index in [0.29, 0.717) is 17.0 Å². The number of aromatic nitrogens is 1. The maximum absolute atomic E-state index is 13.3. The van der Waals surface area contributed by atoms with Crippen molar-refractivity contribution >= 4 is 70.0 Å². The molecule has 0 aliphatic heterocycles. The van der Waals surface area contributed by atoms with Crippen LogP contribution in [0.15, 0.2) is 59.3 Å². The average molecular weight is 717 g/mol. The van der Waals surface area contributed by atoms with Crippen molar-refractivity contribution in [1.82, 2.24) is 15.8 Å². The first-order valence-electron chi connectivity index (χ1n) is 14.7. The fourth-order valence-corrected chi connectivity index (χ4v) is 4.71. The summed E-state index contributed by atoms with van der Waals surface area (Å²) in [5.41, 5.74) is 1.47. The lowest BCUT2D eigenvalue weighted by Gasteiger charge is -2.33. The number of benzene rings is 2. The molecule has 0 aliphatic rings. The Balaban J connectivity index is 0.000000700. The van der Waals surface area contributed by atoms with Crippen LogP contribution in [0.3, 0.4) is 0 Å². The number of alkyl halides is 2. The van der Waals surface area contributed by atoms with E-state index in [9.17, 15) is 14.4 Å². The van der Waals surface area contributed by atoms with Crippen LogP contribution >= 0.6 is 46.4 Å². The van der Waals surface area contributed by atoms with E-state index in [1.165, 1.54) is 11.1 Å². The van der Waals surface area contributed by atoms with Gasteiger partial charge in [0.25, 0.3) is 5.91 Å². The fourth-order valence-electron chi connectivity index (χ4n) is 4.08. The molecule has 0 saturated carbocycles. The Morgan fingerprint density at radius 3 is 2.02 bits per heavy atom. The molecule has 0 unspecified atom stereocenters. The molecule has 13 heteroatoms. The molecule has 0 radical (unpaired) electrons. The first-order chi connectivity index (χ1) is 21.4. The number of hydrogen-bond donors (Lipinski definition) is 2. The van der Waals surface area contributed by atoms with Crippen molar-refractivity contribution in [2.75, 3.05) is 11.4 Å². The zero-order chi connectivity index (χ0) is 34.8. The topological polar surface area (TPSA) is 114 Å². The van der Waals surface area contributed by atoms with Crippen LogP contribution in [-0.4, -0.2) is 52.1 Å². The third kappa shape index (κ3) is 12.3. The van der Waals surface area contributed by atoms with Crippen LogP contribution in [0.4, 0.5) is 10.5 Å². The molecule has 0 fully saturated rings. The lowest BCUT2D eigenvalue weighted by molar-refractivity contribution is -0.125. The number of anilines is 1. The lowest BCUT2D eigenvalue weighted by atomic mass is 9.99. The van der Waals surface area contributed by atoms with E-state index in [4.69, 9.17) is 55.7 Å². The van der Waals surface area contributed by atoms with E-state index in [1.807, 2.05) is 58.9 Å². The van der Waals surface area contributed by atoms with Crippen molar-refractivity contribution in [3.63, 3.8) is 0 Å². The molecular formula is C33H42Cl4N4O5. The Labute approximate surface area is 291 Å². The van der Waals surface area contributed by atoms with Gasteiger partial charge in [-0.05, 0) is 69.4 Å². The van der Waals surface area contributed by atoms with Crippen LogP contribution in [0, 0.1) is 18.8 Å². The third-order valence-corrected chi connectivity index (χ3v) is 7.86. The van der Waals surface area contributed by atoms with E-state index in [2.05, 4.69) is 15.8 Å². The van der Waals surface area contributed by atoms with Gasteiger partial charge in [0.1, 0.15) is 11.6 Å². The molecule has 3 aromatic rings. The number of alkyl carbamates (subject to hydrolysis) is 1. The van der Waals surface area contributed by atoms with Gasteiger partial charge >= 0.3 is 6.09 Å². The summed E-state index contributed by atoms with van der Waals surface area (Å²) in [5.74, 6) is -0.688. The number of halogens is 4. The highest BCUT2D eigenvalue weighted by Gasteiger charge is 2.32. The third-order valence-electron chi connectivity index (χ3n) is 6.67. The number of carbonyl (C=O) groups is 3. The van der Waals surface area contributed by atoms with Gasteiger partial charge in [0, 0.05) is 39.9 Å². The van der Waals surface area contributed by atoms with E-state index in [1.54, 1.807) is 45.0 Å². The Morgan fingerprint density at radius 1 is 0.935 bits per heavy atom. The van der Waals surface area contributed by atoms with Crippen LogP contribution in [0.1, 0.15) is 54.0 Å². The standard InChI is InChI=1S/C26H36Cl2N4O5.C7H6Cl2/c1-15(2)19(30-23(33)21(16(3)4)31-25(35)36-26(5,6)7)14-32(24(34)22(27)28)18-10-8-9-17(13-18)20-11-12-29-37-20;1-5-6(8)3-2-4-7(5)9/h8-13,15-16,19,21-22H,14H2,1-7H3,(H,30,33)(H,31,35);2-4H,1H3/t19-,21+;/m1./s1. The lowest BCUT2D eigenvalue weighted by Crippen LogP contribution is -2.56. The highest BCUT2D eigenvalue weighted by Crippen LogP contribution is 2.27. The zero-order valence-electron chi connectivity index (χ0n) is 27.2. The molecule has 1 aromatic heterocycles. The van der Waals surface area contributed by atoms with Crippen LogP contribution in [0.2, 0.25) is 10.0 Å². The molecule has 3 rings (SSSR count). The SMILES string of the molecule is CC(C)[C@H](NC(=O)OC(C)(C)C)C(=O)N[C@H](CN(C(=O)C(Cl)Cl)c1cccc(-c2ccno2)c1)C(C)C.Cc1c(Cl)cccc1Cl. The highest BCUT2D eigenvalue weighted by atomic mass is 35.5. The Hall–Kier alpha value is -2.98. The molecule has 0 spiro atoms. The minimum Gasteiger partial charge on any atom is -0.444 e. The molecule has 1 heterocycles. The molecule has 0 bridgehead atoms. The second-order valence-corrected chi connectivity index (χ2v) is 14.2. The first kappa shape index (κ1) is 39.2. The van der Waals surface area contributed by atoms with Gasteiger partial charge in [-0.1, -0.05) is 97.5 Å². The summed E-state index contributed by atoms with van der Waals surface area (Å²) in [6.07, 6.45) is 0.842. The summed E-state index contributed by atoms with van der Waals surface area (Å²) < 4.78 is 10.6. The second-order valence-electron chi connectivity index (χ2n) is 12.3. The number of nitrogens with zero attached hydrogens (tertiary/aromatic N) is 2. The summed E-state index contributed by atoms with van der Waals surface area (Å²) >= 11 is 23.4. The molecule has 9 nitrogen and oxygen atoms in total. The van der Waals surface area contributed by atoms with Crippen molar-refractivity contribution < 1.29 is 23.6 Å². The maximum Gasteiger partial charge on any atom is 0.408 e. The predicted molar refractivity (Wildman–Crippen MR) is 186 cm³/mol. The summed E-state index contributed by atoms with van der Waals surface area (Å²) in [7, 11) is 0. The molecule has 3 amide bonds. The highest BCUT2D eigenvalue weighted by molar-refractivity contribution is 6.54. The van der Waals surface area contributed by atoms with Crippen LogP contribution in [0.5, 0.6) is 0 Å². The number of carbonyl (C=O) groups excluding carboxylic acids is 3. The van der Waals surface area contributed by atoms with Gasteiger partial charge < -0.3 is 24.8 Å². The van der Waals surface area contributed by atoms with E-state index in [0.717, 1.165) is 15.6 Å². The summed E-state index contributed by atoms with van der Waals surface area (Å²) in [6, 6.07) is 12.9. The molecule has 2 atom stereocenters. The summed E-state index contributed by atoms with van der Waals surface area (Å²) in [4.78, 5) is 38.8. The predicted octanol–water partition coefficient (Wildman–Crippen LogP) is 8.47. The Kier molecular flexibility index (Phi) is 15.2. The van der Waals surface area contributed by atoms with Gasteiger partial charge in [0.05, 0.1) is 6.20 Å². The largest absolute Gasteiger partial charge is 0.444 e. The van der Waals surface area contributed by atoms with Crippen molar-refractivity contribution in [1.29, 1.82) is 0 Å². The molecule has 2 N–H and O–H groups in total. The number of ether oxygens (including phenoxy) is 1. The molecule has 252 valence electrons. The Bertz CT molecular complexity index is 1420. The van der Waals surface area contributed by atoms with Crippen LogP contribution in [0.25, 0.3) is 11.3 Å². The second kappa shape index (κ2) is 17.8. The van der Waals surface area contributed by atoms with Crippen molar-refractivity contribution in [2.45, 2.75) is 77.9 Å². The molecular weight excluding hydrogens is 674 g/mol. The number of rotatable bonds is 10.